The first-order valence-electron chi connectivity index (χ1n) is 3.28. The van der Waals surface area contributed by atoms with E-state index in [1.807, 2.05) is 37.3 Å². The SMILES string of the molecule is [CH]C(C)S.[Cr][c]1ccccc1. The molecule has 1 atom stereocenters. The Hall–Kier alpha value is 0.102. The fraction of sp³-hybridized carbons (Fsp3) is 0.222. The third-order valence-electron chi connectivity index (χ3n) is 0.743. The van der Waals surface area contributed by atoms with E-state index in [1.165, 1.54) is 4.43 Å². The van der Waals surface area contributed by atoms with Crippen molar-refractivity contribution < 1.29 is 16.3 Å². The first-order valence-corrected chi connectivity index (χ1v) is 4.44. The summed E-state index contributed by atoms with van der Waals surface area (Å²) in [6, 6.07) is 10.1. The zero-order valence-electron chi connectivity index (χ0n) is 6.40. The first kappa shape index (κ1) is 11.1. The molecule has 0 nitrogen and oxygen atoms in total. The van der Waals surface area contributed by atoms with E-state index in [0.29, 0.717) is 0 Å². The standard InChI is InChI=1S/C6H5.C3H6S.Cr/c1-2-4-6-5-3-1;1-3(2)4;/h1-5H;1,3-4H,2H3;. The van der Waals surface area contributed by atoms with Crippen molar-refractivity contribution >= 4 is 17.1 Å². The van der Waals surface area contributed by atoms with Crippen molar-refractivity contribution in [2.24, 2.45) is 0 Å². The van der Waals surface area contributed by atoms with E-state index >= 15 is 0 Å². The molecule has 1 aromatic carbocycles. The van der Waals surface area contributed by atoms with Gasteiger partial charge in [-0.3, -0.25) is 0 Å². The van der Waals surface area contributed by atoms with Crippen LogP contribution in [0, 0.1) is 6.92 Å². The molecule has 1 aromatic rings. The van der Waals surface area contributed by atoms with Gasteiger partial charge in [-0.25, -0.2) is 0 Å². The predicted octanol–water partition coefficient (Wildman–Crippen LogP) is 1.87. The Kier molecular flexibility index (Phi) is 6.85. The number of hydrogen-bond donors (Lipinski definition) is 1. The Bertz CT molecular complexity index is 169. The van der Waals surface area contributed by atoms with Crippen molar-refractivity contribution in [2.75, 3.05) is 0 Å². The molecule has 59 valence electrons. The van der Waals surface area contributed by atoms with Crippen LogP contribution in [-0.2, 0) is 16.3 Å². The van der Waals surface area contributed by atoms with E-state index in [9.17, 15) is 0 Å². The molecule has 0 saturated heterocycles. The van der Waals surface area contributed by atoms with Gasteiger partial charge in [0, 0.05) is 5.25 Å². The van der Waals surface area contributed by atoms with Gasteiger partial charge in [0.2, 0.25) is 0 Å². The van der Waals surface area contributed by atoms with Gasteiger partial charge in [-0.2, -0.15) is 12.6 Å². The number of rotatable bonds is 0. The van der Waals surface area contributed by atoms with Gasteiger partial charge in [0.1, 0.15) is 0 Å². The van der Waals surface area contributed by atoms with Crippen LogP contribution in [0.25, 0.3) is 0 Å². The number of thiol groups is 1. The molecule has 0 heterocycles. The minimum atomic E-state index is 0.0278. The Labute approximate surface area is 82.8 Å². The summed E-state index contributed by atoms with van der Waals surface area (Å²) in [5, 5.41) is 0.0278. The zero-order chi connectivity index (χ0) is 8.69. The van der Waals surface area contributed by atoms with Crippen LogP contribution >= 0.6 is 12.6 Å². The molecule has 11 heavy (non-hydrogen) atoms. The quantitative estimate of drug-likeness (QED) is 0.611. The van der Waals surface area contributed by atoms with Crippen LogP contribution in [0.4, 0.5) is 0 Å². The average Bonchev–Trinajstić information content (AvgIpc) is 1.87. The van der Waals surface area contributed by atoms with Gasteiger partial charge in [-0.1, -0.05) is 6.92 Å². The molecule has 0 spiro atoms. The van der Waals surface area contributed by atoms with Crippen molar-refractivity contribution in [3.05, 3.63) is 37.3 Å². The molecule has 0 aliphatic carbocycles. The minimum absolute atomic E-state index is 0.0278. The van der Waals surface area contributed by atoms with Crippen LogP contribution in [0.3, 0.4) is 0 Å². The average molecular weight is 203 g/mol. The summed E-state index contributed by atoms with van der Waals surface area (Å²) < 4.78 is 1.20. The predicted molar refractivity (Wildman–Crippen MR) is 48.8 cm³/mol. The Morgan fingerprint density at radius 2 is 1.73 bits per heavy atom. The first-order chi connectivity index (χ1) is 5.13. The van der Waals surface area contributed by atoms with E-state index < -0.39 is 0 Å². The third-order valence-corrected chi connectivity index (χ3v) is 1.17. The molecule has 0 aromatic heterocycles. The van der Waals surface area contributed by atoms with E-state index in [0.717, 1.165) is 0 Å². The van der Waals surface area contributed by atoms with Crippen LogP contribution in [0.5, 0.6) is 0 Å². The normalized spacial score (nSPS) is 8.73. The van der Waals surface area contributed by atoms with Crippen LogP contribution in [-0.4, -0.2) is 5.25 Å². The van der Waals surface area contributed by atoms with Crippen LogP contribution < -0.4 is 4.43 Å². The van der Waals surface area contributed by atoms with Gasteiger partial charge < -0.3 is 0 Å². The van der Waals surface area contributed by atoms with Crippen molar-refractivity contribution in [2.45, 2.75) is 12.2 Å². The van der Waals surface area contributed by atoms with Gasteiger partial charge in [0.25, 0.3) is 0 Å². The maximum absolute atomic E-state index is 4.98. The molecule has 0 N–H and O–H groups in total. The molecule has 0 amide bonds. The molecule has 2 heteroatoms. The van der Waals surface area contributed by atoms with Crippen LogP contribution in [0.1, 0.15) is 6.92 Å². The Balaban J connectivity index is 0.000000218. The summed E-state index contributed by atoms with van der Waals surface area (Å²) in [5.41, 5.74) is 0. The fourth-order valence-corrected chi connectivity index (χ4v) is 0.666. The van der Waals surface area contributed by atoms with E-state index in [-0.39, 0.29) is 5.25 Å². The van der Waals surface area contributed by atoms with E-state index in [1.54, 1.807) is 0 Å². The van der Waals surface area contributed by atoms with Gasteiger partial charge in [-0.15, -0.1) is 0 Å². The van der Waals surface area contributed by atoms with Crippen molar-refractivity contribution in [3.63, 3.8) is 0 Å². The Morgan fingerprint density at radius 3 is 1.91 bits per heavy atom. The fourth-order valence-electron chi connectivity index (χ4n) is 0.420. The molecular weight excluding hydrogens is 192 g/mol. The van der Waals surface area contributed by atoms with Gasteiger partial charge in [0.15, 0.2) is 0 Å². The van der Waals surface area contributed by atoms with Gasteiger partial charge in [-0.05, 0) is 6.92 Å². The topological polar surface area (TPSA) is 0 Å². The zero-order valence-corrected chi connectivity index (χ0v) is 8.57. The molecule has 0 fully saturated rings. The summed E-state index contributed by atoms with van der Waals surface area (Å²) in [4.78, 5) is 0. The van der Waals surface area contributed by atoms with Crippen molar-refractivity contribution in [1.29, 1.82) is 0 Å². The third kappa shape index (κ3) is 10.1. The molecule has 1 rings (SSSR count). The second kappa shape index (κ2) is 6.79. The molecule has 2 radical (unpaired) electrons. The van der Waals surface area contributed by atoms with Crippen molar-refractivity contribution in [3.8, 4) is 0 Å². The molecule has 0 aliphatic heterocycles. The molecule has 0 bridgehead atoms. The second-order valence-electron chi connectivity index (χ2n) is 2.05. The summed E-state index contributed by atoms with van der Waals surface area (Å²) in [7, 11) is 0. The number of benzene rings is 1. The summed E-state index contributed by atoms with van der Waals surface area (Å²) in [6.45, 7) is 6.78. The molecule has 0 saturated carbocycles. The van der Waals surface area contributed by atoms with Gasteiger partial charge in [0.05, 0.1) is 0 Å². The van der Waals surface area contributed by atoms with Crippen LogP contribution in [0.2, 0.25) is 0 Å². The maximum atomic E-state index is 4.98. The Morgan fingerprint density at radius 1 is 1.36 bits per heavy atom. The van der Waals surface area contributed by atoms with E-state index in [2.05, 4.69) is 28.9 Å². The second-order valence-corrected chi connectivity index (χ2v) is 3.60. The summed E-state index contributed by atoms with van der Waals surface area (Å²) >= 11 is 6.65. The van der Waals surface area contributed by atoms with Gasteiger partial charge >= 0.3 is 51.0 Å². The summed E-state index contributed by atoms with van der Waals surface area (Å²) in [5.74, 6) is 0. The molecule has 1 unspecified atom stereocenters. The summed E-state index contributed by atoms with van der Waals surface area (Å²) in [6.07, 6.45) is 0. The van der Waals surface area contributed by atoms with Crippen LogP contribution in [0.15, 0.2) is 30.3 Å². The van der Waals surface area contributed by atoms with Crippen molar-refractivity contribution in [1.82, 2.24) is 0 Å². The number of hydrogen-bond acceptors (Lipinski definition) is 1. The monoisotopic (exact) mass is 203 g/mol. The molecular formula is C9H11CrS. The molecule has 0 aliphatic rings. The van der Waals surface area contributed by atoms with E-state index in [4.69, 9.17) is 6.92 Å².